The van der Waals surface area contributed by atoms with E-state index in [1.54, 1.807) is 24.3 Å². The quantitative estimate of drug-likeness (QED) is 0.775. The standard InChI is InChI=1S/C19H16FN5O4/c1-29-14-8-4-12(5-9-14)21-15(26)10-24-17-16(22-23-24)18(27)25(19(17)28)13-6-2-11(20)3-7-13/h2-9,16-17H,10H2,1H3,(H,21,26)/t16-,17-/m0/s1. The van der Waals surface area contributed by atoms with Crippen molar-refractivity contribution in [2.24, 2.45) is 10.3 Å². The summed E-state index contributed by atoms with van der Waals surface area (Å²) in [6.07, 6.45) is 0. The Bertz CT molecular complexity index is 993. The highest BCUT2D eigenvalue weighted by atomic mass is 19.1. The lowest BCUT2D eigenvalue weighted by molar-refractivity contribution is -0.123. The number of nitrogens with zero attached hydrogens (tertiary/aromatic N) is 4. The Balaban J connectivity index is 1.45. The molecule has 2 aromatic rings. The second-order valence-electron chi connectivity index (χ2n) is 6.46. The number of carbonyl (C=O) groups is 3. The number of benzene rings is 2. The maximum atomic E-state index is 13.1. The van der Waals surface area contributed by atoms with E-state index >= 15 is 0 Å². The van der Waals surface area contributed by atoms with Crippen molar-refractivity contribution in [3.05, 3.63) is 54.3 Å². The summed E-state index contributed by atoms with van der Waals surface area (Å²) >= 11 is 0. The van der Waals surface area contributed by atoms with Crippen LogP contribution in [-0.4, -0.2) is 48.5 Å². The number of ether oxygens (including phenoxy) is 1. The van der Waals surface area contributed by atoms with Gasteiger partial charge in [0.1, 0.15) is 18.1 Å². The third kappa shape index (κ3) is 3.40. The molecule has 2 heterocycles. The van der Waals surface area contributed by atoms with Crippen LogP contribution in [0.1, 0.15) is 0 Å². The third-order valence-corrected chi connectivity index (χ3v) is 4.62. The van der Waals surface area contributed by atoms with Crippen LogP contribution in [0.25, 0.3) is 0 Å². The number of carbonyl (C=O) groups excluding carboxylic acids is 3. The number of rotatable bonds is 5. The third-order valence-electron chi connectivity index (χ3n) is 4.62. The van der Waals surface area contributed by atoms with E-state index in [4.69, 9.17) is 4.74 Å². The van der Waals surface area contributed by atoms with Gasteiger partial charge in [0.15, 0.2) is 12.1 Å². The zero-order chi connectivity index (χ0) is 20.5. The van der Waals surface area contributed by atoms with Crippen LogP contribution in [0.5, 0.6) is 5.75 Å². The number of halogens is 1. The molecule has 2 aliphatic rings. The molecule has 29 heavy (non-hydrogen) atoms. The fourth-order valence-corrected chi connectivity index (χ4v) is 3.22. The minimum absolute atomic E-state index is 0.244. The van der Waals surface area contributed by atoms with E-state index in [1.165, 1.54) is 24.3 Å². The SMILES string of the molecule is COc1ccc(NC(=O)CN2N=N[C@@H]3C(=O)N(c4ccc(F)cc4)C(=O)[C@H]32)cc1. The summed E-state index contributed by atoms with van der Waals surface area (Å²) in [5.41, 5.74) is 0.791. The van der Waals surface area contributed by atoms with Gasteiger partial charge < -0.3 is 10.1 Å². The van der Waals surface area contributed by atoms with Crippen LogP contribution in [0, 0.1) is 5.82 Å². The Hall–Kier alpha value is -3.82. The molecule has 9 nitrogen and oxygen atoms in total. The number of amides is 3. The van der Waals surface area contributed by atoms with Crippen LogP contribution in [0.15, 0.2) is 58.9 Å². The van der Waals surface area contributed by atoms with Gasteiger partial charge in [-0.25, -0.2) is 9.29 Å². The molecule has 2 aliphatic heterocycles. The van der Waals surface area contributed by atoms with Crippen molar-refractivity contribution in [1.82, 2.24) is 5.01 Å². The van der Waals surface area contributed by atoms with Crippen LogP contribution in [0.4, 0.5) is 15.8 Å². The van der Waals surface area contributed by atoms with E-state index in [2.05, 4.69) is 15.7 Å². The van der Waals surface area contributed by atoms with E-state index in [9.17, 15) is 18.8 Å². The molecule has 0 radical (unpaired) electrons. The molecule has 0 unspecified atom stereocenters. The highest BCUT2D eigenvalue weighted by Gasteiger charge is 2.55. The van der Waals surface area contributed by atoms with E-state index < -0.39 is 35.6 Å². The molecular formula is C19H16FN5O4. The molecule has 1 fully saturated rings. The number of methoxy groups -OCH3 is 1. The zero-order valence-corrected chi connectivity index (χ0v) is 15.3. The first kappa shape index (κ1) is 18.5. The van der Waals surface area contributed by atoms with Gasteiger partial charge in [0.2, 0.25) is 5.91 Å². The van der Waals surface area contributed by atoms with Gasteiger partial charge in [-0.3, -0.25) is 19.4 Å². The maximum Gasteiger partial charge on any atom is 0.263 e. The van der Waals surface area contributed by atoms with Crippen molar-refractivity contribution in [2.45, 2.75) is 12.1 Å². The van der Waals surface area contributed by atoms with Gasteiger partial charge in [0, 0.05) is 5.69 Å². The molecule has 4 rings (SSSR count). The minimum Gasteiger partial charge on any atom is -0.497 e. The number of hydrogen-bond donors (Lipinski definition) is 1. The van der Waals surface area contributed by atoms with E-state index in [1.807, 2.05) is 0 Å². The summed E-state index contributed by atoms with van der Waals surface area (Å²) in [6.45, 7) is -0.257. The average Bonchev–Trinajstić information content (AvgIpc) is 3.23. The lowest BCUT2D eigenvalue weighted by Gasteiger charge is -2.20. The topological polar surface area (TPSA) is 104 Å². The van der Waals surface area contributed by atoms with Crippen LogP contribution >= 0.6 is 0 Å². The molecule has 2 aromatic carbocycles. The highest BCUT2D eigenvalue weighted by molar-refractivity contribution is 6.25. The Morgan fingerprint density at radius 1 is 1.10 bits per heavy atom. The summed E-state index contributed by atoms with van der Waals surface area (Å²) < 4.78 is 18.2. The van der Waals surface area contributed by atoms with Crippen molar-refractivity contribution in [3.63, 3.8) is 0 Å². The van der Waals surface area contributed by atoms with Crippen molar-refractivity contribution < 1.29 is 23.5 Å². The number of nitrogens with one attached hydrogen (secondary N) is 1. The first-order valence-corrected chi connectivity index (χ1v) is 8.72. The van der Waals surface area contributed by atoms with E-state index in [0.717, 1.165) is 17.0 Å². The van der Waals surface area contributed by atoms with Gasteiger partial charge in [0.05, 0.1) is 12.8 Å². The van der Waals surface area contributed by atoms with Crippen LogP contribution in [0.2, 0.25) is 0 Å². The summed E-state index contributed by atoms with van der Waals surface area (Å²) in [7, 11) is 1.54. The molecular weight excluding hydrogens is 381 g/mol. The first-order valence-electron chi connectivity index (χ1n) is 8.72. The van der Waals surface area contributed by atoms with Gasteiger partial charge >= 0.3 is 0 Å². The second-order valence-corrected chi connectivity index (χ2v) is 6.46. The summed E-state index contributed by atoms with van der Waals surface area (Å²) in [5, 5.41) is 11.5. The number of hydrogen-bond acceptors (Lipinski definition) is 7. The van der Waals surface area contributed by atoms with Gasteiger partial charge in [-0.05, 0) is 48.5 Å². The predicted molar refractivity (Wildman–Crippen MR) is 99.7 cm³/mol. The van der Waals surface area contributed by atoms with Crippen LogP contribution in [0.3, 0.4) is 0 Å². The molecule has 0 saturated carbocycles. The van der Waals surface area contributed by atoms with Gasteiger partial charge in [-0.1, -0.05) is 5.22 Å². The van der Waals surface area contributed by atoms with Gasteiger partial charge in [-0.2, -0.15) is 5.11 Å². The molecule has 148 valence electrons. The molecule has 1 N–H and O–H groups in total. The molecule has 2 atom stereocenters. The molecule has 1 saturated heterocycles. The minimum atomic E-state index is -1.03. The molecule has 10 heteroatoms. The van der Waals surface area contributed by atoms with Crippen molar-refractivity contribution in [2.75, 3.05) is 23.9 Å². The fourth-order valence-electron chi connectivity index (χ4n) is 3.22. The molecule has 0 aromatic heterocycles. The average molecular weight is 397 g/mol. The Morgan fingerprint density at radius 3 is 2.45 bits per heavy atom. The molecule has 3 amide bonds. The maximum absolute atomic E-state index is 13.1. The number of imide groups is 1. The van der Waals surface area contributed by atoms with Gasteiger partial charge in [-0.15, -0.1) is 0 Å². The largest absolute Gasteiger partial charge is 0.497 e. The normalized spacial score (nSPS) is 20.2. The van der Waals surface area contributed by atoms with Gasteiger partial charge in [0.25, 0.3) is 11.8 Å². The summed E-state index contributed by atoms with van der Waals surface area (Å²) in [5.74, 6) is -1.38. The molecule has 0 spiro atoms. The molecule has 0 bridgehead atoms. The van der Waals surface area contributed by atoms with Crippen LogP contribution < -0.4 is 15.0 Å². The van der Waals surface area contributed by atoms with Crippen LogP contribution in [-0.2, 0) is 14.4 Å². The summed E-state index contributed by atoms with van der Waals surface area (Å²) in [4.78, 5) is 38.7. The monoisotopic (exact) mass is 397 g/mol. The summed E-state index contributed by atoms with van der Waals surface area (Å²) in [6, 6.07) is 9.69. The molecule has 0 aliphatic carbocycles. The predicted octanol–water partition coefficient (Wildman–Crippen LogP) is 1.77. The fraction of sp³-hybridized carbons (Fsp3) is 0.211. The number of anilines is 2. The van der Waals surface area contributed by atoms with Crippen molar-refractivity contribution >= 4 is 29.1 Å². The Kier molecular flexibility index (Phi) is 4.67. The first-order chi connectivity index (χ1) is 14.0. The highest BCUT2D eigenvalue weighted by Crippen LogP contribution is 2.31. The zero-order valence-electron chi connectivity index (χ0n) is 15.3. The second kappa shape index (κ2) is 7.30. The Morgan fingerprint density at radius 2 is 1.79 bits per heavy atom. The lowest BCUT2D eigenvalue weighted by atomic mass is 10.1. The van der Waals surface area contributed by atoms with E-state index in [-0.39, 0.29) is 12.2 Å². The Labute approximate surface area is 164 Å². The lowest BCUT2D eigenvalue weighted by Crippen LogP contribution is -2.43. The number of fused-ring (bicyclic) bond motifs is 1. The van der Waals surface area contributed by atoms with E-state index in [0.29, 0.717) is 11.4 Å². The van der Waals surface area contributed by atoms with Crippen molar-refractivity contribution in [1.29, 1.82) is 0 Å². The smallest absolute Gasteiger partial charge is 0.263 e. The van der Waals surface area contributed by atoms with Crippen molar-refractivity contribution in [3.8, 4) is 5.75 Å².